The van der Waals surface area contributed by atoms with Crippen LogP contribution < -0.4 is 0 Å². The zero-order valence-electron chi connectivity index (χ0n) is 5.27. The summed E-state index contributed by atoms with van der Waals surface area (Å²) in [5, 5.41) is 26.1. The Labute approximate surface area is 57.5 Å². The van der Waals surface area contributed by atoms with Crippen molar-refractivity contribution in [3.63, 3.8) is 0 Å². The van der Waals surface area contributed by atoms with Crippen molar-refractivity contribution in [1.29, 1.82) is 0 Å². The average molecular weight is 147 g/mol. The van der Waals surface area contributed by atoms with E-state index in [1.807, 2.05) is 0 Å². The lowest BCUT2D eigenvalue weighted by Gasteiger charge is -2.08. The topological polar surface area (TPSA) is 81.0 Å². The van der Waals surface area contributed by atoms with Gasteiger partial charge in [0.15, 0.2) is 0 Å². The van der Waals surface area contributed by atoms with Gasteiger partial charge in [-0.05, 0) is 0 Å². The molecule has 0 unspecified atom stereocenters. The Balaban J connectivity index is 2.49. The van der Waals surface area contributed by atoms with E-state index >= 15 is 0 Å². The Morgan fingerprint density at radius 1 is 1.30 bits per heavy atom. The minimum Gasteiger partial charge on any atom is -0.465 e. The van der Waals surface area contributed by atoms with E-state index in [9.17, 15) is 4.79 Å². The largest absolute Gasteiger partial charge is 0.465 e. The van der Waals surface area contributed by atoms with E-state index in [2.05, 4.69) is 0 Å². The molecule has 1 rings (SSSR count). The van der Waals surface area contributed by atoms with Gasteiger partial charge in [-0.3, -0.25) is 0 Å². The summed E-state index contributed by atoms with van der Waals surface area (Å²) < 4.78 is 0. The Hall–Kier alpha value is -0.810. The smallest absolute Gasteiger partial charge is 0.407 e. The molecule has 1 aliphatic rings. The number of carbonyl (C=O) groups is 1. The number of likely N-dealkylation sites (tertiary alicyclic amines) is 1. The highest BCUT2D eigenvalue weighted by atomic mass is 16.4. The number of hydrogen-bond acceptors (Lipinski definition) is 3. The summed E-state index contributed by atoms with van der Waals surface area (Å²) >= 11 is 0. The first-order valence-electron chi connectivity index (χ1n) is 2.95. The molecule has 58 valence electrons. The lowest BCUT2D eigenvalue weighted by Crippen LogP contribution is -2.27. The molecule has 0 aromatic heterocycles. The van der Waals surface area contributed by atoms with E-state index in [0.29, 0.717) is 0 Å². The van der Waals surface area contributed by atoms with Crippen LogP contribution in [0.3, 0.4) is 0 Å². The number of aliphatic hydroxyl groups is 2. The molecule has 0 spiro atoms. The molecule has 0 bridgehead atoms. The lowest BCUT2D eigenvalue weighted by molar-refractivity contribution is 0.0572. The van der Waals surface area contributed by atoms with Crippen molar-refractivity contribution >= 4 is 6.09 Å². The Bertz CT molecular complexity index is 139. The molecule has 1 heterocycles. The second-order valence-electron chi connectivity index (χ2n) is 2.32. The van der Waals surface area contributed by atoms with Gasteiger partial charge in [-0.2, -0.15) is 0 Å². The lowest BCUT2D eigenvalue weighted by atomic mass is 10.3. The summed E-state index contributed by atoms with van der Waals surface area (Å²) in [7, 11) is 0. The number of nitrogens with zero attached hydrogens (tertiary/aromatic N) is 1. The van der Waals surface area contributed by atoms with Gasteiger partial charge >= 0.3 is 6.09 Å². The van der Waals surface area contributed by atoms with E-state index in [0.717, 1.165) is 4.90 Å². The molecule has 0 aromatic carbocycles. The summed E-state index contributed by atoms with van der Waals surface area (Å²) in [5.74, 6) is 0. The fraction of sp³-hybridized carbons (Fsp3) is 0.800. The van der Waals surface area contributed by atoms with E-state index in [4.69, 9.17) is 15.3 Å². The standard InChI is InChI=1S/C5H9NO4/c7-3-1-6(5(9)10)2-4(3)8/h3-4,7-8H,1-2H2,(H,9,10)/t3-,4-/m0/s1. The molecule has 5 nitrogen and oxygen atoms in total. The van der Waals surface area contributed by atoms with Gasteiger partial charge in [0.1, 0.15) is 0 Å². The van der Waals surface area contributed by atoms with Gasteiger partial charge in [0.2, 0.25) is 0 Å². The molecule has 0 aliphatic carbocycles. The van der Waals surface area contributed by atoms with Crippen molar-refractivity contribution in [2.75, 3.05) is 13.1 Å². The third-order valence-electron chi connectivity index (χ3n) is 1.53. The van der Waals surface area contributed by atoms with Crippen molar-refractivity contribution in [2.45, 2.75) is 12.2 Å². The first-order chi connectivity index (χ1) is 4.61. The van der Waals surface area contributed by atoms with Gasteiger partial charge in [0.05, 0.1) is 25.3 Å². The zero-order valence-corrected chi connectivity index (χ0v) is 5.27. The fourth-order valence-electron chi connectivity index (χ4n) is 0.926. The van der Waals surface area contributed by atoms with Crippen LogP contribution in [0.15, 0.2) is 0 Å². The minimum atomic E-state index is -1.10. The molecule has 10 heavy (non-hydrogen) atoms. The minimum absolute atomic E-state index is 0.0104. The molecule has 1 saturated heterocycles. The number of aliphatic hydroxyl groups excluding tert-OH is 2. The van der Waals surface area contributed by atoms with Gasteiger partial charge < -0.3 is 20.2 Å². The summed E-state index contributed by atoms with van der Waals surface area (Å²) in [6.07, 6.45) is -2.94. The Kier molecular flexibility index (Phi) is 1.78. The number of carboxylic acid groups (broad SMARTS) is 1. The Morgan fingerprint density at radius 3 is 1.90 bits per heavy atom. The van der Waals surface area contributed by atoms with Gasteiger partial charge in [-0.15, -0.1) is 0 Å². The summed E-state index contributed by atoms with van der Waals surface area (Å²) in [5.41, 5.74) is 0. The quantitative estimate of drug-likeness (QED) is 0.398. The number of β-amino-alcohol motifs (C(OH)–C–C–N with tert-alkyl or cyclic N) is 2. The van der Waals surface area contributed by atoms with Crippen LogP contribution in [0.4, 0.5) is 4.79 Å². The molecule has 5 heteroatoms. The van der Waals surface area contributed by atoms with Crippen molar-refractivity contribution in [2.24, 2.45) is 0 Å². The molecule has 0 aromatic rings. The molecular weight excluding hydrogens is 138 g/mol. The van der Waals surface area contributed by atoms with Crippen LogP contribution in [0.5, 0.6) is 0 Å². The van der Waals surface area contributed by atoms with Crippen LogP contribution in [0.25, 0.3) is 0 Å². The normalized spacial score (nSPS) is 32.8. The first-order valence-corrected chi connectivity index (χ1v) is 2.95. The highest BCUT2D eigenvalue weighted by Crippen LogP contribution is 2.08. The maximum Gasteiger partial charge on any atom is 0.407 e. The first kappa shape index (κ1) is 7.30. The van der Waals surface area contributed by atoms with Crippen molar-refractivity contribution in [3.05, 3.63) is 0 Å². The highest BCUT2D eigenvalue weighted by molar-refractivity contribution is 5.65. The van der Waals surface area contributed by atoms with Crippen molar-refractivity contribution < 1.29 is 20.1 Å². The van der Waals surface area contributed by atoms with Gasteiger partial charge in [-0.1, -0.05) is 0 Å². The van der Waals surface area contributed by atoms with Crippen LogP contribution in [0.2, 0.25) is 0 Å². The monoisotopic (exact) mass is 147 g/mol. The van der Waals surface area contributed by atoms with Crippen LogP contribution >= 0.6 is 0 Å². The molecule has 1 amide bonds. The Morgan fingerprint density at radius 2 is 1.70 bits per heavy atom. The molecule has 0 saturated carbocycles. The van der Waals surface area contributed by atoms with Gasteiger partial charge in [0, 0.05) is 0 Å². The molecule has 1 aliphatic heterocycles. The van der Waals surface area contributed by atoms with Crippen LogP contribution in [0, 0.1) is 0 Å². The molecular formula is C5H9NO4. The van der Waals surface area contributed by atoms with E-state index in [-0.39, 0.29) is 13.1 Å². The SMILES string of the molecule is O=C(O)N1C[C@H](O)[C@@H](O)C1. The van der Waals surface area contributed by atoms with E-state index < -0.39 is 18.3 Å². The second-order valence-corrected chi connectivity index (χ2v) is 2.32. The second kappa shape index (κ2) is 2.43. The summed E-state index contributed by atoms with van der Waals surface area (Å²) in [6.45, 7) is 0.0208. The van der Waals surface area contributed by atoms with Crippen LogP contribution in [-0.4, -0.2) is 51.6 Å². The zero-order chi connectivity index (χ0) is 7.72. The average Bonchev–Trinajstić information content (AvgIpc) is 2.13. The van der Waals surface area contributed by atoms with E-state index in [1.165, 1.54) is 0 Å². The predicted molar refractivity (Wildman–Crippen MR) is 31.6 cm³/mol. The third kappa shape index (κ3) is 1.19. The van der Waals surface area contributed by atoms with Gasteiger partial charge in [0.25, 0.3) is 0 Å². The summed E-state index contributed by atoms with van der Waals surface area (Å²) in [6, 6.07) is 0. The van der Waals surface area contributed by atoms with Crippen molar-refractivity contribution in [3.8, 4) is 0 Å². The molecule has 2 atom stereocenters. The molecule has 3 N–H and O–H groups in total. The predicted octanol–water partition coefficient (Wildman–Crippen LogP) is -1.30. The highest BCUT2D eigenvalue weighted by Gasteiger charge is 2.32. The fourth-order valence-corrected chi connectivity index (χ4v) is 0.926. The maximum absolute atomic E-state index is 10.2. The van der Waals surface area contributed by atoms with Gasteiger partial charge in [-0.25, -0.2) is 4.79 Å². The van der Waals surface area contributed by atoms with Crippen LogP contribution in [0.1, 0.15) is 0 Å². The third-order valence-corrected chi connectivity index (χ3v) is 1.53. The molecule has 0 radical (unpaired) electrons. The van der Waals surface area contributed by atoms with Crippen molar-refractivity contribution in [1.82, 2.24) is 4.90 Å². The number of rotatable bonds is 0. The number of amides is 1. The van der Waals surface area contributed by atoms with Crippen LogP contribution in [-0.2, 0) is 0 Å². The molecule has 1 fully saturated rings. The number of hydrogen-bond donors (Lipinski definition) is 3. The maximum atomic E-state index is 10.2. The van der Waals surface area contributed by atoms with E-state index in [1.54, 1.807) is 0 Å². The summed E-state index contributed by atoms with van der Waals surface area (Å²) in [4.78, 5) is 11.2.